The quantitative estimate of drug-likeness (QED) is 0.608. The number of carboxylic acids is 1. The molecule has 0 aliphatic carbocycles. The standard InChI is InChI=1S/C10H20N2O3S/c1-4-10(2,11)9(15)12-7(8(13)14)5-6-16-3/h7H,4-6,11H2,1-3H3,(H,12,15)(H,13,14)/t7-,10?/m0/s1. The highest BCUT2D eigenvalue weighted by Crippen LogP contribution is 2.07. The van der Waals surface area contributed by atoms with E-state index in [-0.39, 0.29) is 0 Å². The number of rotatable bonds is 7. The third-order valence-electron chi connectivity index (χ3n) is 2.47. The molecule has 16 heavy (non-hydrogen) atoms. The molecule has 0 fully saturated rings. The Kier molecular flexibility index (Phi) is 6.43. The summed E-state index contributed by atoms with van der Waals surface area (Å²) in [5.41, 5.74) is 4.72. The Hall–Kier alpha value is -0.750. The van der Waals surface area contributed by atoms with Gasteiger partial charge in [0.2, 0.25) is 5.91 Å². The molecule has 0 aromatic rings. The smallest absolute Gasteiger partial charge is 0.326 e. The normalized spacial score (nSPS) is 16.2. The van der Waals surface area contributed by atoms with Crippen molar-refractivity contribution in [3.05, 3.63) is 0 Å². The maximum atomic E-state index is 11.7. The van der Waals surface area contributed by atoms with Gasteiger partial charge >= 0.3 is 5.97 Å². The summed E-state index contributed by atoms with van der Waals surface area (Å²) < 4.78 is 0. The molecular formula is C10H20N2O3S. The van der Waals surface area contributed by atoms with Crippen LogP contribution in [0.4, 0.5) is 0 Å². The predicted molar refractivity (Wildman–Crippen MR) is 65.4 cm³/mol. The fourth-order valence-electron chi connectivity index (χ4n) is 0.977. The van der Waals surface area contributed by atoms with Gasteiger partial charge in [0.1, 0.15) is 6.04 Å². The van der Waals surface area contributed by atoms with Gasteiger partial charge < -0.3 is 16.2 Å². The van der Waals surface area contributed by atoms with Crippen molar-refractivity contribution in [2.24, 2.45) is 5.73 Å². The molecule has 0 aromatic carbocycles. The third kappa shape index (κ3) is 4.85. The van der Waals surface area contributed by atoms with E-state index in [4.69, 9.17) is 10.8 Å². The Morgan fingerprint density at radius 1 is 1.56 bits per heavy atom. The van der Waals surface area contributed by atoms with Crippen LogP contribution < -0.4 is 11.1 Å². The molecule has 0 heterocycles. The molecule has 0 saturated carbocycles. The zero-order chi connectivity index (χ0) is 12.8. The molecule has 0 aromatic heterocycles. The molecule has 0 bridgehead atoms. The topological polar surface area (TPSA) is 92.4 Å². The number of thioether (sulfide) groups is 1. The van der Waals surface area contributed by atoms with Crippen LogP contribution in [0.3, 0.4) is 0 Å². The molecule has 1 unspecified atom stereocenters. The van der Waals surface area contributed by atoms with Gasteiger partial charge in [0.15, 0.2) is 0 Å². The monoisotopic (exact) mass is 248 g/mol. The fourth-order valence-corrected chi connectivity index (χ4v) is 1.45. The summed E-state index contributed by atoms with van der Waals surface area (Å²) in [6.07, 6.45) is 2.76. The summed E-state index contributed by atoms with van der Waals surface area (Å²) in [6, 6.07) is -0.852. The number of nitrogens with one attached hydrogen (secondary N) is 1. The zero-order valence-corrected chi connectivity index (χ0v) is 10.8. The Bertz CT molecular complexity index is 256. The van der Waals surface area contributed by atoms with Gasteiger partial charge in [0, 0.05) is 0 Å². The van der Waals surface area contributed by atoms with Crippen molar-refractivity contribution in [1.29, 1.82) is 0 Å². The molecule has 0 aliphatic heterocycles. The molecule has 1 amide bonds. The SMILES string of the molecule is CCC(C)(N)C(=O)N[C@@H](CCSC)C(=O)O. The van der Waals surface area contributed by atoms with Crippen molar-refractivity contribution in [2.75, 3.05) is 12.0 Å². The minimum absolute atomic E-state index is 0.405. The molecule has 6 heteroatoms. The number of carbonyl (C=O) groups excluding carboxylic acids is 1. The van der Waals surface area contributed by atoms with Gasteiger partial charge in [-0.15, -0.1) is 0 Å². The average molecular weight is 248 g/mol. The molecule has 0 saturated heterocycles. The zero-order valence-electron chi connectivity index (χ0n) is 9.95. The van der Waals surface area contributed by atoms with Crippen molar-refractivity contribution >= 4 is 23.6 Å². The first-order chi connectivity index (χ1) is 7.35. The average Bonchev–Trinajstić information content (AvgIpc) is 2.23. The van der Waals surface area contributed by atoms with Crippen LogP contribution in [0.15, 0.2) is 0 Å². The van der Waals surface area contributed by atoms with Crippen LogP contribution >= 0.6 is 11.8 Å². The first-order valence-electron chi connectivity index (χ1n) is 5.16. The Morgan fingerprint density at radius 2 is 2.12 bits per heavy atom. The summed E-state index contributed by atoms with van der Waals surface area (Å²) in [5, 5.41) is 11.4. The second-order valence-corrected chi connectivity index (χ2v) is 4.90. The molecule has 94 valence electrons. The molecule has 0 spiro atoms. The van der Waals surface area contributed by atoms with Crippen LogP contribution in [0.25, 0.3) is 0 Å². The van der Waals surface area contributed by atoms with E-state index in [1.165, 1.54) is 0 Å². The summed E-state index contributed by atoms with van der Waals surface area (Å²) >= 11 is 1.54. The van der Waals surface area contributed by atoms with E-state index in [9.17, 15) is 9.59 Å². The van der Waals surface area contributed by atoms with Gasteiger partial charge in [-0.25, -0.2) is 4.79 Å². The van der Waals surface area contributed by atoms with Crippen LogP contribution in [0.1, 0.15) is 26.7 Å². The molecular weight excluding hydrogens is 228 g/mol. The number of hydrogen-bond donors (Lipinski definition) is 3. The number of hydrogen-bond acceptors (Lipinski definition) is 4. The van der Waals surface area contributed by atoms with Gasteiger partial charge in [0.25, 0.3) is 0 Å². The number of amides is 1. The molecule has 5 nitrogen and oxygen atoms in total. The Labute approximate surface area is 100 Å². The third-order valence-corrected chi connectivity index (χ3v) is 3.11. The highest BCUT2D eigenvalue weighted by molar-refractivity contribution is 7.98. The van der Waals surface area contributed by atoms with Gasteiger partial charge in [0.05, 0.1) is 5.54 Å². The lowest BCUT2D eigenvalue weighted by atomic mass is 9.99. The summed E-state index contributed by atoms with van der Waals surface area (Å²) in [7, 11) is 0. The Balaban J connectivity index is 4.40. The van der Waals surface area contributed by atoms with E-state index in [1.807, 2.05) is 6.26 Å². The number of carboxylic acid groups (broad SMARTS) is 1. The lowest BCUT2D eigenvalue weighted by Gasteiger charge is -2.24. The molecule has 2 atom stereocenters. The van der Waals surface area contributed by atoms with Gasteiger partial charge in [-0.2, -0.15) is 11.8 Å². The summed E-state index contributed by atoms with van der Waals surface area (Å²) in [4.78, 5) is 22.6. The van der Waals surface area contributed by atoms with Gasteiger partial charge in [-0.3, -0.25) is 4.79 Å². The molecule has 0 radical (unpaired) electrons. The first-order valence-corrected chi connectivity index (χ1v) is 6.56. The van der Waals surface area contributed by atoms with Crippen molar-refractivity contribution in [3.8, 4) is 0 Å². The van der Waals surface area contributed by atoms with Crippen LogP contribution in [0, 0.1) is 0 Å². The highest BCUT2D eigenvalue weighted by atomic mass is 32.2. The molecule has 0 rings (SSSR count). The van der Waals surface area contributed by atoms with E-state index in [0.29, 0.717) is 18.6 Å². The summed E-state index contributed by atoms with van der Waals surface area (Å²) in [5.74, 6) is -0.747. The van der Waals surface area contributed by atoms with Gasteiger partial charge in [-0.1, -0.05) is 6.92 Å². The first kappa shape index (κ1) is 15.2. The van der Waals surface area contributed by atoms with Crippen LogP contribution in [0.2, 0.25) is 0 Å². The second-order valence-electron chi connectivity index (χ2n) is 3.92. The Morgan fingerprint density at radius 3 is 2.50 bits per heavy atom. The highest BCUT2D eigenvalue weighted by Gasteiger charge is 2.29. The predicted octanol–water partition coefficient (Wildman–Crippen LogP) is 0.436. The maximum absolute atomic E-state index is 11.7. The van der Waals surface area contributed by atoms with E-state index in [1.54, 1.807) is 25.6 Å². The maximum Gasteiger partial charge on any atom is 0.326 e. The van der Waals surface area contributed by atoms with E-state index >= 15 is 0 Å². The van der Waals surface area contributed by atoms with Crippen molar-refractivity contribution < 1.29 is 14.7 Å². The molecule has 0 aliphatic rings. The lowest BCUT2D eigenvalue weighted by molar-refractivity contribution is -0.142. The minimum atomic E-state index is -1.02. The molecule has 4 N–H and O–H groups in total. The number of aliphatic carboxylic acids is 1. The van der Waals surface area contributed by atoms with Crippen molar-refractivity contribution in [2.45, 2.75) is 38.3 Å². The minimum Gasteiger partial charge on any atom is -0.480 e. The lowest BCUT2D eigenvalue weighted by Crippen LogP contribution is -2.55. The second kappa shape index (κ2) is 6.75. The van der Waals surface area contributed by atoms with E-state index in [0.717, 1.165) is 0 Å². The van der Waals surface area contributed by atoms with Crippen molar-refractivity contribution in [1.82, 2.24) is 5.32 Å². The van der Waals surface area contributed by atoms with E-state index in [2.05, 4.69) is 5.32 Å². The fraction of sp³-hybridized carbons (Fsp3) is 0.800. The van der Waals surface area contributed by atoms with E-state index < -0.39 is 23.5 Å². The van der Waals surface area contributed by atoms with Crippen molar-refractivity contribution in [3.63, 3.8) is 0 Å². The van der Waals surface area contributed by atoms with Crippen LogP contribution in [0.5, 0.6) is 0 Å². The van der Waals surface area contributed by atoms with Crippen LogP contribution in [-0.4, -0.2) is 40.6 Å². The van der Waals surface area contributed by atoms with Gasteiger partial charge in [-0.05, 0) is 31.8 Å². The largest absolute Gasteiger partial charge is 0.480 e. The number of nitrogens with two attached hydrogens (primary N) is 1. The number of carbonyl (C=O) groups is 2. The van der Waals surface area contributed by atoms with Crippen LogP contribution in [-0.2, 0) is 9.59 Å². The summed E-state index contributed by atoms with van der Waals surface area (Å²) in [6.45, 7) is 3.38.